The summed E-state index contributed by atoms with van der Waals surface area (Å²) in [6.07, 6.45) is 5.55. The van der Waals surface area contributed by atoms with Crippen molar-refractivity contribution in [3.05, 3.63) is 57.7 Å². The summed E-state index contributed by atoms with van der Waals surface area (Å²) < 4.78 is 3.30. The number of aliphatic hydroxyl groups is 1. The molecule has 0 atom stereocenters. The molecule has 1 saturated carbocycles. The van der Waals surface area contributed by atoms with Gasteiger partial charge in [0, 0.05) is 43.1 Å². The number of hydrogen-bond acceptors (Lipinski definition) is 4. The number of aromatic nitrogens is 3. The fourth-order valence-electron chi connectivity index (χ4n) is 3.26. The lowest BCUT2D eigenvalue weighted by Crippen LogP contribution is -2.29. The summed E-state index contributed by atoms with van der Waals surface area (Å²) in [7, 11) is 1.59. The molecule has 0 unspecified atom stereocenters. The molecule has 3 aromatic rings. The quantitative estimate of drug-likeness (QED) is 0.688. The largest absolute Gasteiger partial charge is 0.395 e. The second-order valence-corrected chi connectivity index (χ2v) is 7.57. The molecule has 2 heterocycles. The van der Waals surface area contributed by atoms with E-state index in [1.54, 1.807) is 34.5 Å². The smallest absolute Gasteiger partial charge is 0.294 e. The van der Waals surface area contributed by atoms with Gasteiger partial charge < -0.3 is 14.6 Å². The molecule has 1 aliphatic rings. The number of nitrogens with zero attached hydrogens (tertiary/aromatic N) is 4. The zero-order chi connectivity index (χ0) is 19.8. The first kappa shape index (κ1) is 18.7. The number of imidazole rings is 1. The third-order valence-corrected chi connectivity index (χ3v) is 5.34. The summed E-state index contributed by atoms with van der Waals surface area (Å²) >= 11 is 6.39. The van der Waals surface area contributed by atoms with Crippen molar-refractivity contribution < 1.29 is 9.90 Å². The van der Waals surface area contributed by atoms with Gasteiger partial charge in [0.1, 0.15) is 5.69 Å². The fraction of sp³-hybridized carbons (Fsp3) is 0.350. The van der Waals surface area contributed by atoms with Crippen molar-refractivity contribution in [2.24, 2.45) is 5.92 Å². The van der Waals surface area contributed by atoms with Gasteiger partial charge in [-0.3, -0.25) is 14.0 Å². The summed E-state index contributed by atoms with van der Waals surface area (Å²) in [6.45, 7) is 0.667. The van der Waals surface area contributed by atoms with E-state index in [0.717, 1.165) is 18.4 Å². The molecule has 1 fully saturated rings. The zero-order valence-corrected chi connectivity index (χ0v) is 16.3. The molecule has 7 nitrogen and oxygen atoms in total. The van der Waals surface area contributed by atoms with Crippen molar-refractivity contribution >= 4 is 23.2 Å². The van der Waals surface area contributed by atoms with Gasteiger partial charge in [-0.05, 0) is 24.8 Å². The van der Waals surface area contributed by atoms with Gasteiger partial charge in [0.25, 0.3) is 11.5 Å². The number of aliphatic hydroxyl groups excluding tert-OH is 1. The van der Waals surface area contributed by atoms with Crippen molar-refractivity contribution in [3.63, 3.8) is 0 Å². The van der Waals surface area contributed by atoms with Crippen molar-refractivity contribution in [3.8, 4) is 11.3 Å². The number of amides is 1. The molecule has 8 heteroatoms. The van der Waals surface area contributed by atoms with Crippen LogP contribution in [0.5, 0.6) is 0 Å². The fourth-order valence-corrected chi connectivity index (χ4v) is 3.49. The molecule has 28 heavy (non-hydrogen) atoms. The van der Waals surface area contributed by atoms with Crippen molar-refractivity contribution in [2.75, 3.05) is 20.2 Å². The highest BCUT2D eigenvalue weighted by Gasteiger charge is 2.26. The highest BCUT2D eigenvalue weighted by atomic mass is 35.5. The van der Waals surface area contributed by atoms with Gasteiger partial charge in [-0.25, -0.2) is 4.98 Å². The Labute approximate surface area is 166 Å². The maximum Gasteiger partial charge on any atom is 0.294 e. The van der Waals surface area contributed by atoms with Crippen molar-refractivity contribution in [1.82, 2.24) is 18.9 Å². The summed E-state index contributed by atoms with van der Waals surface area (Å²) in [5.74, 6) is 0.137. The minimum atomic E-state index is -0.342. The molecule has 0 bridgehead atoms. The van der Waals surface area contributed by atoms with Gasteiger partial charge in [-0.15, -0.1) is 0 Å². The molecule has 0 radical (unpaired) electrons. The summed E-state index contributed by atoms with van der Waals surface area (Å²) in [6, 6.07) is 7.40. The number of likely N-dealkylation sites (N-methyl/N-ethyl adjacent to an activating group) is 1. The molecule has 1 aromatic carbocycles. The molecule has 1 N–H and O–H groups in total. The Hall–Kier alpha value is -2.64. The number of carbonyl (C=O) groups excluding carboxylic acids is 1. The van der Waals surface area contributed by atoms with Crippen LogP contribution in [-0.4, -0.2) is 50.1 Å². The summed E-state index contributed by atoms with van der Waals surface area (Å²) in [4.78, 5) is 31.4. The molecular formula is C20H21ClN4O3. The van der Waals surface area contributed by atoms with Gasteiger partial charge in [0.05, 0.1) is 12.3 Å². The van der Waals surface area contributed by atoms with E-state index < -0.39 is 0 Å². The first-order valence-corrected chi connectivity index (χ1v) is 9.61. The average Bonchev–Trinajstić information content (AvgIpc) is 3.40. The topological polar surface area (TPSA) is 79.8 Å². The summed E-state index contributed by atoms with van der Waals surface area (Å²) in [5, 5.41) is 9.61. The Kier molecular flexibility index (Phi) is 4.95. The summed E-state index contributed by atoms with van der Waals surface area (Å²) in [5.41, 5.74) is 1.60. The van der Waals surface area contributed by atoms with Crippen LogP contribution in [0.15, 0.2) is 41.5 Å². The normalized spacial score (nSPS) is 13.8. The van der Waals surface area contributed by atoms with Crippen LogP contribution in [0.4, 0.5) is 0 Å². The van der Waals surface area contributed by atoms with Crippen LogP contribution in [-0.2, 0) is 6.54 Å². The van der Waals surface area contributed by atoms with E-state index in [9.17, 15) is 9.59 Å². The maximum absolute atomic E-state index is 13.2. The molecule has 0 saturated heterocycles. The highest BCUT2D eigenvalue weighted by molar-refractivity contribution is 6.33. The van der Waals surface area contributed by atoms with Crippen LogP contribution >= 0.6 is 11.6 Å². The van der Waals surface area contributed by atoms with Gasteiger partial charge in [-0.1, -0.05) is 29.8 Å². The van der Waals surface area contributed by atoms with Crippen LogP contribution in [0.2, 0.25) is 5.02 Å². The number of halogens is 1. The van der Waals surface area contributed by atoms with Crippen LogP contribution in [0.3, 0.4) is 0 Å². The first-order chi connectivity index (χ1) is 13.5. The number of carbonyl (C=O) groups is 1. The Morgan fingerprint density at radius 1 is 1.32 bits per heavy atom. The molecule has 146 valence electrons. The number of fused-ring (bicyclic) bond motifs is 1. The minimum Gasteiger partial charge on any atom is -0.395 e. The lowest BCUT2D eigenvalue weighted by atomic mass is 10.1. The lowest BCUT2D eigenvalue weighted by molar-refractivity contribution is 0.0762. The predicted molar refractivity (Wildman–Crippen MR) is 107 cm³/mol. The van der Waals surface area contributed by atoms with Gasteiger partial charge in [0.15, 0.2) is 0 Å². The van der Waals surface area contributed by atoms with Gasteiger partial charge in [-0.2, -0.15) is 0 Å². The molecule has 1 amide bonds. The standard InChI is InChI=1S/C20H21ClN4O3/c1-23(8-9-26)19(27)16-11-24-12-17(14-4-2-3-5-15(14)21)25(10-13-6-7-13)20(28)18(24)22-16/h2-5,11-13,26H,6-10H2,1H3. The third-order valence-electron chi connectivity index (χ3n) is 5.01. The molecule has 1 aliphatic carbocycles. The van der Waals surface area contributed by atoms with Crippen LogP contribution in [0.1, 0.15) is 23.3 Å². The first-order valence-electron chi connectivity index (χ1n) is 9.23. The Bertz CT molecular complexity index is 1100. The minimum absolute atomic E-state index is 0.138. The van der Waals surface area contributed by atoms with Crippen molar-refractivity contribution in [2.45, 2.75) is 19.4 Å². The Morgan fingerprint density at radius 3 is 2.75 bits per heavy atom. The average molecular weight is 401 g/mol. The molecule has 0 aliphatic heterocycles. The number of rotatable bonds is 6. The monoisotopic (exact) mass is 400 g/mol. The SMILES string of the molecule is CN(CCO)C(=O)c1cn2cc(-c3ccccc3Cl)n(CC3CC3)c(=O)c2n1. The number of hydrogen-bond donors (Lipinski definition) is 1. The predicted octanol–water partition coefficient (Wildman–Crippen LogP) is 2.29. The van der Waals surface area contributed by atoms with Crippen LogP contribution in [0, 0.1) is 5.92 Å². The molecular weight excluding hydrogens is 380 g/mol. The zero-order valence-electron chi connectivity index (χ0n) is 15.5. The van der Waals surface area contributed by atoms with Gasteiger partial charge in [0.2, 0.25) is 5.65 Å². The Balaban J connectivity index is 1.87. The van der Waals surface area contributed by atoms with Gasteiger partial charge >= 0.3 is 0 Å². The van der Waals surface area contributed by atoms with E-state index >= 15 is 0 Å². The van der Waals surface area contributed by atoms with E-state index in [1.807, 2.05) is 18.2 Å². The van der Waals surface area contributed by atoms with Crippen molar-refractivity contribution in [1.29, 1.82) is 0 Å². The van der Waals surface area contributed by atoms with E-state index in [0.29, 0.717) is 23.2 Å². The highest BCUT2D eigenvalue weighted by Crippen LogP contribution is 2.33. The maximum atomic E-state index is 13.2. The lowest BCUT2D eigenvalue weighted by Gasteiger charge is -2.14. The molecule has 0 spiro atoms. The van der Waals surface area contributed by atoms with E-state index in [1.165, 1.54) is 4.90 Å². The third kappa shape index (κ3) is 3.43. The van der Waals surface area contributed by atoms with Crippen LogP contribution < -0.4 is 5.56 Å². The van der Waals surface area contributed by atoms with E-state index in [4.69, 9.17) is 16.7 Å². The second-order valence-electron chi connectivity index (χ2n) is 7.16. The Morgan fingerprint density at radius 2 is 2.07 bits per heavy atom. The second kappa shape index (κ2) is 7.41. The van der Waals surface area contributed by atoms with Crippen LogP contribution in [0.25, 0.3) is 16.9 Å². The molecule has 2 aromatic heterocycles. The van der Waals surface area contributed by atoms with E-state index in [-0.39, 0.29) is 36.0 Å². The van der Waals surface area contributed by atoms with E-state index in [2.05, 4.69) is 4.98 Å². The molecule has 4 rings (SSSR count). The number of benzene rings is 1.